The Morgan fingerprint density at radius 1 is 0.905 bits per heavy atom. The minimum Gasteiger partial charge on any atom is -0.241 e. The Bertz CT molecular complexity index is 883. The minimum absolute atomic E-state index is 0.780. The molecule has 1 heterocycles. The third kappa shape index (κ3) is 2.93. The van der Waals surface area contributed by atoms with Crippen LogP contribution in [0.15, 0.2) is 42.6 Å². The van der Waals surface area contributed by atoms with Gasteiger partial charge >= 0.3 is 0 Å². The van der Waals surface area contributed by atoms with Crippen molar-refractivity contribution in [1.29, 1.82) is 0 Å². The van der Waals surface area contributed by atoms with Crippen LogP contribution in [0.2, 0.25) is 0 Å². The Labute approximate surface area is 124 Å². The van der Waals surface area contributed by atoms with Crippen LogP contribution in [0.25, 0.3) is 10.9 Å². The Hall–Kier alpha value is -2.66. The number of aryl methyl sites for hydroxylation is 3. The van der Waals surface area contributed by atoms with E-state index < -0.39 is 0 Å². The topological polar surface area (TPSA) is 25.8 Å². The maximum Gasteiger partial charge on any atom is 0.125 e. The highest BCUT2D eigenvalue weighted by Crippen LogP contribution is 2.13. The quantitative estimate of drug-likeness (QED) is 0.579. The van der Waals surface area contributed by atoms with E-state index in [1.165, 1.54) is 11.1 Å². The first kappa shape index (κ1) is 13.3. The molecule has 2 nitrogen and oxygen atoms in total. The van der Waals surface area contributed by atoms with Gasteiger partial charge < -0.3 is 0 Å². The van der Waals surface area contributed by atoms with Crippen molar-refractivity contribution in [3.8, 4) is 11.8 Å². The summed E-state index contributed by atoms with van der Waals surface area (Å²) < 4.78 is 0. The normalized spacial score (nSPS) is 10.2. The Morgan fingerprint density at radius 3 is 2.62 bits per heavy atom. The summed E-state index contributed by atoms with van der Waals surface area (Å²) in [6, 6.07) is 12.4. The molecule has 0 radical (unpaired) electrons. The van der Waals surface area contributed by atoms with E-state index in [1.807, 2.05) is 31.3 Å². The van der Waals surface area contributed by atoms with E-state index in [2.05, 4.69) is 53.9 Å². The predicted molar refractivity (Wildman–Crippen MR) is 86.2 cm³/mol. The smallest absolute Gasteiger partial charge is 0.125 e. The molecule has 102 valence electrons. The van der Waals surface area contributed by atoms with E-state index >= 15 is 0 Å². The van der Waals surface area contributed by atoms with E-state index in [4.69, 9.17) is 0 Å². The largest absolute Gasteiger partial charge is 0.241 e. The average molecular weight is 272 g/mol. The number of hydrogen-bond acceptors (Lipinski definition) is 2. The molecule has 0 aliphatic heterocycles. The molecule has 2 aromatic carbocycles. The van der Waals surface area contributed by atoms with Gasteiger partial charge in [-0.05, 0) is 50.1 Å². The summed E-state index contributed by atoms with van der Waals surface area (Å²) in [5.41, 5.74) is 5.42. The molecule has 1 aromatic heterocycles. The Kier molecular flexibility index (Phi) is 3.41. The highest BCUT2D eigenvalue weighted by Gasteiger charge is 1.98. The van der Waals surface area contributed by atoms with Crippen LogP contribution >= 0.6 is 0 Å². The second kappa shape index (κ2) is 5.38. The molecular formula is C19H16N2. The van der Waals surface area contributed by atoms with Gasteiger partial charge in [0.05, 0.1) is 5.52 Å². The van der Waals surface area contributed by atoms with Crippen molar-refractivity contribution in [1.82, 2.24) is 9.97 Å². The van der Waals surface area contributed by atoms with Crippen molar-refractivity contribution in [3.05, 3.63) is 70.7 Å². The molecule has 0 saturated heterocycles. The first-order chi connectivity index (χ1) is 10.1. The number of rotatable bonds is 0. The van der Waals surface area contributed by atoms with Gasteiger partial charge in [0.25, 0.3) is 0 Å². The van der Waals surface area contributed by atoms with Crippen molar-refractivity contribution in [2.75, 3.05) is 0 Å². The van der Waals surface area contributed by atoms with Crippen molar-refractivity contribution < 1.29 is 0 Å². The first-order valence-electron chi connectivity index (χ1n) is 6.94. The van der Waals surface area contributed by atoms with E-state index in [1.54, 1.807) is 0 Å². The summed E-state index contributed by atoms with van der Waals surface area (Å²) in [4.78, 5) is 8.65. The minimum atomic E-state index is 0.780. The zero-order valence-electron chi connectivity index (χ0n) is 12.4. The van der Waals surface area contributed by atoms with Crippen molar-refractivity contribution in [2.24, 2.45) is 0 Å². The molecule has 21 heavy (non-hydrogen) atoms. The number of aromatic nitrogens is 2. The molecule has 0 aliphatic carbocycles. The molecule has 3 rings (SSSR count). The number of nitrogens with zero attached hydrogens (tertiary/aromatic N) is 2. The lowest BCUT2D eigenvalue weighted by molar-refractivity contribution is 1.09. The lowest BCUT2D eigenvalue weighted by Gasteiger charge is -2.00. The average Bonchev–Trinajstić information content (AvgIpc) is 2.47. The van der Waals surface area contributed by atoms with E-state index in [9.17, 15) is 0 Å². The van der Waals surface area contributed by atoms with Crippen LogP contribution in [0, 0.1) is 32.6 Å². The molecule has 0 N–H and O–H groups in total. The monoisotopic (exact) mass is 272 g/mol. The van der Waals surface area contributed by atoms with Crippen molar-refractivity contribution in [2.45, 2.75) is 20.8 Å². The summed E-state index contributed by atoms with van der Waals surface area (Å²) in [7, 11) is 0. The van der Waals surface area contributed by atoms with Crippen LogP contribution in [-0.4, -0.2) is 9.97 Å². The zero-order valence-corrected chi connectivity index (χ0v) is 12.4. The van der Waals surface area contributed by atoms with Crippen molar-refractivity contribution in [3.63, 3.8) is 0 Å². The molecule has 0 spiro atoms. The molecule has 0 unspecified atom stereocenters. The fraction of sp³-hybridized carbons (Fsp3) is 0.158. The molecule has 3 aromatic rings. The van der Waals surface area contributed by atoms with Gasteiger partial charge in [-0.3, -0.25) is 0 Å². The second-order valence-corrected chi connectivity index (χ2v) is 5.26. The maximum absolute atomic E-state index is 4.44. The third-order valence-electron chi connectivity index (χ3n) is 3.44. The number of hydrogen-bond donors (Lipinski definition) is 0. The highest BCUT2D eigenvalue weighted by atomic mass is 14.9. The summed E-state index contributed by atoms with van der Waals surface area (Å²) >= 11 is 0. The van der Waals surface area contributed by atoms with Crippen LogP contribution in [0.4, 0.5) is 0 Å². The van der Waals surface area contributed by atoms with Gasteiger partial charge in [0, 0.05) is 22.7 Å². The molecular weight excluding hydrogens is 256 g/mol. The molecule has 0 saturated carbocycles. The van der Waals surface area contributed by atoms with Crippen LogP contribution in [-0.2, 0) is 0 Å². The summed E-state index contributed by atoms with van der Waals surface area (Å²) in [5, 5.41) is 1.04. The van der Waals surface area contributed by atoms with Gasteiger partial charge in [0.1, 0.15) is 5.82 Å². The van der Waals surface area contributed by atoms with Gasteiger partial charge in [0.2, 0.25) is 0 Å². The summed E-state index contributed by atoms with van der Waals surface area (Å²) in [6.45, 7) is 6.06. The number of fused-ring (bicyclic) bond motifs is 1. The molecule has 0 atom stereocenters. The zero-order chi connectivity index (χ0) is 14.8. The standard InChI is InChI=1S/C19H16N2/c1-13-4-5-14(2)17(10-13)8-6-16-7-9-18-12-20-15(3)21-19(18)11-16/h4-5,7,9-12H,1-3H3. The fourth-order valence-electron chi connectivity index (χ4n) is 2.20. The van der Waals surface area contributed by atoms with Gasteiger partial charge in [0.15, 0.2) is 0 Å². The van der Waals surface area contributed by atoms with Crippen LogP contribution in [0.1, 0.15) is 28.1 Å². The molecule has 0 bridgehead atoms. The summed E-state index contributed by atoms with van der Waals surface area (Å²) in [6.07, 6.45) is 1.85. The highest BCUT2D eigenvalue weighted by molar-refractivity contribution is 5.79. The van der Waals surface area contributed by atoms with Gasteiger partial charge in [-0.2, -0.15) is 0 Å². The maximum atomic E-state index is 4.44. The van der Waals surface area contributed by atoms with Crippen LogP contribution < -0.4 is 0 Å². The number of benzene rings is 2. The first-order valence-corrected chi connectivity index (χ1v) is 6.94. The summed E-state index contributed by atoms with van der Waals surface area (Å²) in [5.74, 6) is 7.27. The SMILES string of the molecule is Cc1ccc(C)c(C#Cc2ccc3cnc(C)nc3c2)c1. The lowest BCUT2D eigenvalue weighted by Crippen LogP contribution is -1.88. The predicted octanol–water partition coefficient (Wildman–Crippen LogP) is 3.95. The van der Waals surface area contributed by atoms with Gasteiger partial charge in [-0.1, -0.05) is 30.0 Å². The Balaban J connectivity index is 2.02. The fourth-order valence-corrected chi connectivity index (χ4v) is 2.20. The molecule has 0 amide bonds. The van der Waals surface area contributed by atoms with E-state index in [0.29, 0.717) is 0 Å². The van der Waals surface area contributed by atoms with E-state index in [0.717, 1.165) is 27.9 Å². The molecule has 0 aliphatic rings. The van der Waals surface area contributed by atoms with Gasteiger partial charge in [-0.25, -0.2) is 9.97 Å². The van der Waals surface area contributed by atoms with E-state index in [-0.39, 0.29) is 0 Å². The lowest BCUT2D eigenvalue weighted by atomic mass is 10.1. The van der Waals surface area contributed by atoms with Gasteiger partial charge in [-0.15, -0.1) is 0 Å². The second-order valence-electron chi connectivity index (χ2n) is 5.26. The van der Waals surface area contributed by atoms with Crippen molar-refractivity contribution >= 4 is 10.9 Å². The Morgan fingerprint density at radius 2 is 1.76 bits per heavy atom. The third-order valence-corrected chi connectivity index (χ3v) is 3.44. The molecule has 2 heteroatoms. The molecule has 0 fully saturated rings. The van der Waals surface area contributed by atoms with Crippen LogP contribution in [0.5, 0.6) is 0 Å². The van der Waals surface area contributed by atoms with Crippen LogP contribution in [0.3, 0.4) is 0 Å².